The number of carbonyl (C=O) groups excluding carboxylic acids is 1. The molecule has 26 heavy (non-hydrogen) atoms. The highest BCUT2D eigenvalue weighted by molar-refractivity contribution is 6.05. The van der Waals surface area contributed by atoms with Crippen LogP contribution >= 0.6 is 0 Å². The first kappa shape index (κ1) is 15.5. The van der Waals surface area contributed by atoms with Crippen molar-refractivity contribution in [2.75, 3.05) is 0 Å². The summed E-state index contributed by atoms with van der Waals surface area (Å²) in [7, 11) is 0. The summed E-state index contributed by atoms with van der Waals surface area (Å²) >= 11 is 0. The Labute approximate surface area is 151 Å². The van der Waals surface area contributed by atoms with Gasteiger partial charge in [0.05, 0.1) is 6.20 Å². The maximum atomic E-state index is 13.9. The molecule has 3 unspecified atom stereocenters. The van der Waals surface area contributed by atoms with Crippen LogP contribution in [0.3, 0.4) is 0 Å². The van der Waals surface area contributed by atoms with Crippen LogP contribution in [0.5, 0.6) is 0 Å². The number of halogens is 1. The molecule has 0 radical (unpaired) electrons. The van der Waals surface area contributed by atoms with E-state index in [1.807, 2.05) is 0 Å². The number of amides is 1. The van der Waals surface area contributed by atoms with Gasteiger partial charge in [0.25, 0.3) is 5.91 Å². The highest BCUT2D eigenvalue weighted by Crippen LogP contribution is 2.49. The number of hydrogen-bond acceptors (Lipinski definition) is 2. The van der Waals surface area contributed by atoms with Gasteiger partial charge in [-0.1, -0.05) is 48.5 Å². The molecule has 1 fully saturated rings. The summed E-state index contributed by atoms with van der Waals surface area (Å²) in [6, 6.07) is 15.8. The average Bonchev–Trinajstić information content (AvgIpc) is 2.66. The molecule has 0 saturated heterocycles. The fraction of sp³-hybridized carbons (Fsp3) is 0.273. The van der Waals surface area contributed by atoms with E-state index in [0.717, 1.165) is 25.5 Å². The Balaban J connectivity index is 1.38. The molecule has 2 aliphatic rings. The van der Waals surface area contributed by atoms with Gasteiger partial charge in [0.2, 0.25) is 0 Å². The van der Waals surface area contributed by atoms with Gasteiger partial charge >= 0.3 is 0 Å². The maximum absolute atomic E-state index is 13.9. The topological polar surface area (TPSA) is 42.0 Å². The molecule has 1 heterocycles. The van der Waals surface area contributed by atoms with Gasteiger partial charge in [-0.25, -0.2) is 9.37 Å². The predicted octanol–water partition coefficient (Wildman–Crippen LogP) is 4.22. The van der Waals surface area contributed by atoms with Gasteiger partial charge in [0.1, 0.15) is 11.5 Å². The smallest absolute Gasteiger partial charge is 0.270 e. The zero-order valence-corrected chi connectivity index (χ0v) is 14.3. The van der Waals surface area contributed by atoms with Crippen molar-refractivity contribution >= 4 is 16.7 Å². The number of aryl methyl sites for hydroxylation is 1. The Morgan fingerprint density at radius 2 is 1.85 bits per heavy atom. The Morgan fingerprint density at radius 1 is 1.08 bits per heavy atom. The number of aromatic nitrogens is 1. The Bertz CT molecular complexity index is 1020. The summed E-state index contributed by atoms with van der Waals surface area (Å²) in [5.41, 5.74) is 3.20. The van der Waals surface area contributed by atoms with E-state index in [1.165, 1.54) is 11.1 Å². The van der Waals surface area contributed by atoms with Crippen LogP contribution in [0.1, 0.15) is 40.4 Å². The molecule has 5 rings (SSSR count). The van der Waals surface area contributed by atoms with Crippen molar-refractivity contribution in [3.63, 3.8) is 0 Å². The molecule has 3 nitrogen and oxygen atoms in total. The number of rotatable bonds is 2. The fourth-order valence-electron chi connectivity index (χ4n) is 4.66. The van der Waals surface area contributed by atoms with Crippen molar-refractivity contribution < 1.29 is 9.18 Å². The number of benzene rings is 2. The molecule has 1 amide bonds. The first-order chi connectivity index (χ1) is 12.7. The maximum Gasteiger partial charge on any atom is 0.270 e. The van der Waals surface area contributed by atoms with Gasteiger partial charge in [0.15, 0.2) is 0 Å². The summed E-state index contributed by atoms with van der Waals surface area (Å²) in [5.74, 6) is 0.428. The molecule has 2 aromatic carbocycles. The molecule has 4 heteroatoms. The van der Waals surface area contributed by atoms with Crippen LogP contribution in [0.25, 0.3) is 10.8 Å². The van der Waals surface area contributed by atoms with Crippen LogP contribution in [0.4, 0.5) is 4.39 Å². The van der Waals surface area contributed by atoms with Crippen molar-refractivity contribution in [2.24, 2.45) is 5.92 Å². The van der Waals surface area contributed by atoms with Crippen LogP contribution in [0.2, 0.25) is 0 Å². The van der Waals surface area contributed by atoms with E-state index in [4.69, 9.17) is 0 Å². The second kappa shape index (κ2) is 5.90. The van der Waals surface area contributed by atoms with E-state index in [1.54, 1.807) is 24.3 Å². The molecule has 2 aliphatic carbocycles. The van der Waals surface area contributed by atoms with Crippen molar-refractivity contribution in [2.45, 2.75) is 31.2 Å². The summed E-state index contributed by atoms with van der Waals surface area (Å²) in [5, 5.41) is 4.15. The lowest BCUT2D eigenvalue weighted by molar-refractivity contribution is 0.0816. The zero-order chi connectivity index (χ0) is 17.7. The van der Waals surface area contributed by atoms with Gasteiger partial charge in [0, 0.05) is 16.8 Å². The van der Waals surface area contributed by atoms with Gasteiger partial charge in [-0.15, -0.1) is 0 Å². The van der Waals surface area contributed by atoms with E-state index >= 15 is 0 Å². The monoisotopic (exact) mass is 346 g/mol. The number of pyridine rings is 1. The number of nitrogens with one attached hydrogen (secondary N) is 1. The van der Waals surface area contributed by atoms with E-state index < -0.39 is 5.82 Å². The second-order valence-corrected chi connectivity index (χ2v) is 7.32. The molecule has 1 N–H and O–H groups in total. The van der Waals surface area contributed by atoms with Gasteiger partial charge in [-0.2, -0.15) is 0 Å². The van der Waals surface area contributed by atoms with Crippen molar-refractivity contribution in [1.82, 2.24) is 10.3 Å². The van der Waals surface area contributed by atoms with Crippen molar-refractivity contribution in [3.05, 3.63) is 77.4 Å². The van der Waals surface area contributed by atoms with Crippen molar-refractivity contribution in [3.8, 4) is 0 Å². The number of fused-ring (bicyclic) bond motifs is 4. The molecule has 1 saturated carbocycles. The predicted molar refractivity (Wildman–Crippen MR) is 98.6 cm³/mol. The number of carbonyl (C=O) groups is 1. The molecular weight excluding hydrogens is 327 g/mol. The summed E-state index contributed by atoms with van der Waals surface area (Å²) in [6.07, 6.45) is 4.27. The van der Waals surface area contributed by atoms with E-state index in [0.29, 0.717) is 28.3 Å². The average molecular weight is 346 g/mol. The normalized spacial score (nSPS) is 23.7. The largest absolute Gasteiger partial charge is 0.348 e. The number of hydrogen-bond donors (Lipinski definition) is 1. The highest BCUT2D eigenvalue weighted by Gasteiger charge is 2.45. The van der Waals surface area contributed by atoms with Crippen LogP contribution < -0.4 is 5.32 Å². The SMILES string of the molecule is O=C(NC1CC2c3ccccc3CCC12)c1ncc(F)c2ccccc12. The van der Waals surface area contributed by atoms with Crippen LogP contribution in [0, 0.1) is 11.7 Å². The summed E-state index contributed by atoms with van der Waals surface area (Å²) < 4.78 is 13.9. The van der Waals surface area contributed by atoms with Crippen LogP contribution in [-0.2, 0) is 6.42 Å². The third-order valence-corrected chi connectivity index (χ3v) is 6.02. The standard InChI is InChI=1S/C22H19FN2O/c23-19-12-24-21(17-8-4-3-7-15(17)19)22(26)25-20-11-18-14-6-2-1-5-13(14)9-10-16(18)20/h1-8,12,16,18,20H,9-11H2,(H,25,26). The van der Waals surface area contributed by atoms with Crippen LogP contribution in [0.15, 0.2) is 54.7 Å². The lowest BCUT2D eigenvalue weighted by Crippen LogP contribution is -2.52. The summed E-state index contributed by atoms with van der Waals surface area (Å²) in [4.78, 5) is 16.9. The van der Waals surface area contributed by atoms with E-state index in [9.17, 15) is 9.18 Å². The molecule has 0 aliphatic heterocycles. The molecule has 0 spiro atoms. The first-order valence-electron chi connectivity index (χ1n) is 9.14. The van der Waals surface area contributed by atoms with Gasteiger partial charge < -0.3 is 5.32 Å². The lowest BCUT2D eigenvalue weighted by atomic mass is 9.60. The van der Waals surface area contributed by atoms with Crippen LogP contribution in [-0.4, -0.2) is 16.9 Å². The molecule has 3 atom stereocenters. The Morgan fingerprint density at radius 3 is 2.73 bits per heavy atom. The first-order valence-corrected chi connectivity index (χ1v) is 9.14. The molecule has 3 aromatic rings. The Hall–Kier alpha value is -2.75. The van der Waals surface area contributed by atoms with E-state index in [2.05, 4.69) is 34.6 Å². The number of nitrogens with zero attached hydrogens (tertiary/aromatic N) is 1. The van der Waals surface area contributed by atoms with Gasteiger partial charge in [-0.05, 0) is 42.2 Å². The molecule has 0 bridgehead atoms. The highest BCUT2D eigenvalue weighted by atomic mass is 19.1. The minimum Gasteiger partial charge on any atom is -0.348 e. The Kier molecular flexibility index (Phi) is 3.52. The third-order valence-electron chi connectivity index (χ3n) is 6.02. The van der Waals surface area contributed by atoms with E-state index in [-0.39, 0.29) is 11.9 Å². The molecule has 130 valence electrons. The quantitative estimate of drug-likeness (QED) is 0.755. The molecular formula is C22H19FN2O. The molecule has 1 aromatic heterocycles. The second-order valence-electron chi connectivity index (χ2n) is 7.32. The van der Waals surface area contributed by atoms with Gasteiger partial charge in [-0.3, -0.25) is 4.79 Å². The third kappa shape index (κ3) is 2.32. The van der Waals surface area contributed by atoms with Crippen molar-refractivity contribution in [1.29, 1.82) is 0 Å². The zero-order valence-electron chi connectivity index (χ0n) is 14.3. The fourth-order valence-corrected chi connectivity index (χ4v) is 4.66. The lowest BCUT2D eigenvalue weighted by Gasteiger charge is -2.48. The minimum atomic E-state index is -0.398. The minimum absolute atomic E-state index is 0.173. The summed E-state index contributed by atoms with van der Waals surface area (Å²) in [6.45, 7) is 0.